The summed E-state index contributed by atoms with van der Waals surface area (Å²) < 4.78 is 18.6. The second-order valence-corrected chi connectivity index (χ2v) is 6.08. The van der Waals surface area contributed by atoms with Crippen LogP contribution in [0, 0.1) is 5.82 Å². The molecule has 5 nitrogen and oxygen atoms in total. The van der Waals surface area contributed by atoms with Gasteiger partial charge >= 0.3 is 6.03 Å². The lowest BCUT2D eigenvalue weighted by atomic mass is 9.94. The molecule has 2 aromatic heterocycles. The van der Waals surface area contributed by atoms with E-state index in [1.165, 1.54) is 42.1 Å². The summed E-state index contributed by atoms with van der Waals surface area (Å²) >= 11 is 1.36. The molecule has 1 atom stereocenters. The Labute approximate surface area is 141 Å². The summed E-state index contributed by atoms with van der Waals surface area (Å²) in [6, 6.07) is 10.5. The van der Waals surface area contributed by atoms with Crippen molar-refractivity contribution >= 4 is 23.1 Å². The molecule has 1 aromatic carbocycles. The van der Waals surface area contributed by atoms with Gasteiger partial charge < -0.3 is 20.2 Å². The molecule has 3 N–H and O–H groups in total. The first kappa shape index (κ1) is 16.2. The Kier molecular flexibility index (Phi) is 4.64. The molecule has 0 saturated carbocycles. The van der Waals surface area contributed by atoms with E-state index in [9.17, 15) is 14.3 Å². The molecule has 7 heteroatoms. The largest absolute Gasteiger partial charge is 0.472 e. The average Bonchev–Trinajstić information content (AvgIpc) is 3.28. The van der Waals surface area contributed by atoms with Gasteiger partial charge in [-0.1, -0.05) is 18.2 Å². The fourth-order valence-corrected chi connectivity index (χ4v) is 3.13. The molecule has 0 radical (unpaired) electrons. The molecule has 1 unspecified atom stereocenters. The number of urea groups is 1. The molecule has 24 heavy (non-hydrogen) atoms. The number of para-hydroxylation sites is 1. The van der Waals surface area contributed by atoms with E-state index in [2.05, 4.69) is 10.6 Å². The summed E-state index contributed by atoms with van der Waals surface area (Å²) in [5.74, 6) is -0.531. The van der Waals surface area contributed by atoms with Gasteiger partial charge in [0.2, 0.25) is 0 Å². The molecule has 124 valence electrons. The second-order valence-electron chi connectivity index (χ2n) is 5.14. The van der Waals surface area contributed by atoms with Gasteiger partial charge in [-0.2, -0.15) is 0 Å². The van der Waals surface area contributed by atoms with Crippen LogP contribution in [-0.2, 0) is 5.60 Å². The standard InChI is InChI=1S/C17H15FN2O3S/c18-13-4-1-2-5-14(13)20-16(21)19-11-17(22,12-7-8-23-10-12)15-6-3-9-24-15/h1-10,22H,11H2,(H2,19,20,21). The monoisotopic (exact) mass is 346 g/mol. The lowest BCUT2D eigenvalue weighted by molar-refractivity contribution is 0.0859. The predicted molar refractivity (Wildman–Crippen MR) is 89.4 cm³/mol. The van der Waals surface area contributed by atoms with Crippen molar-refractivity contribution in [3.63, 3.8) is 0 Å². The molecule has 0 fully saturated rings. The van der Waals surface area contributed by atoms with Crippen molar-refractivity contribution in [2.75, 3.05) is 11.9 Å². The van der Waals surface area contributed by atoms with Crippen molar-refractivity contribution in [2.24, 2.45) is 0 Å². The summed E-state index contributed by atoms with van der Waals surface area (Å²) in [6.07, 6.45) is 2.88. The molecule has 3 aromatic rings. The number of nitrogens with one attached hydrogen (secondary N) is 2. The van der Waals surface area contributed by atoms with Gasteiger partial charge in [0.05, 0.1) is 24.8 Å². The molecular weight excluding hydrogens is 331 g/mol. The number of amides is 2. The van der Waals surface area contributed by atoms with Crippen LogP contribution < -0.4 is 10.6 Å². The van der Waals surface area contributed by atoms with Crippen LogP contribution in [0.4, 0.5) is 14.9 Å². The summed E-state index contributed by atoms with van der Waals surface area (Å²) in [6.45, 7) is -0.0899. The fraction of sp³-hybridized carbons (Fsp3) is 0.118. The molecule has 0 aliphatic heterocycles. The minimum Gasteiger partial charge on any atom is -0.472 e. The van der Waals surface area contributed by atoms with Gasteiger partial charge in [-0.05, 0) is 29.6 Å². The van der Waals surface area contributed by atoms with Gasteiger partial charge in [-0.15, -0.1) is 11.3 Å². The van der Waals surface area contributed by atoms with Crippen molar-refractivity contribution in [3.8, 4) is 0 Å². The highest BCUT2D eigenvalue weighted by Gasteiger charge is 2.34. The number of hydrogen-bond acceptors (Lipinski definition) is 4. The van der Waals surface area contributed by atoms with E-state index in [4.69, 9.17) is 4.42 Å². The van der Waals surface area contributed by atoms with E-state index >= 15 is 0 Å². The van der Waals surface area contributed by atoms with Crippen LogP contribution >= 0.6 is 11.3 Å². The zero-order chi connectivity index (χ0) is 17.0. The maximum Gasteiger partial charge on any atom is 0.319 e. The minimum atomic E-state index is -1.42. The number of carbonyl (C=O) groups is 1. The van der Waals surface area contributed by atoms with Crippen LogP contribution in [0.15, 0.2) is 64.8 Å². The van der Waals surface area contributed by atoms with E-state index in [1.54, 1.807) is 18.2 Å². The number of halogens is 1. The lowest BCUT2D eigenvalue weighted by Crippen LogP contribution is -2.42. The topological polar surface area (TPSA) is 74.5 Å². The van der Waals surface area contributed by atoms with E-state index in [0.29, 0.717) is 10.4 Å². The van der Waals surface area contributed by atoms with Gasteiger partial charge in [0.1, 0.15) is 11.4 Å². The van der Waals surface area contributed by atoms with Crippen LogP contribution in [0.25, 0.3) is 0 Å². The normalized spacial score (nSPS) is 13.2. The molecule has 0 spiro atoms. The van der Waals surface area contributed by atoms with Gasteiger partial charge in [0.25, 0.3) is 0 Å². The Morgan fingerprint density at radius 2 is 2.08 bits per heavy atom. The van der Waals surface area contributed by atoms with Crippen molar-refractivity contribution < 1.29 is 18.7 Å². The highest BCUT2D eigenvalue weighted by molar-refractivity contribution is 7.10. The van der Waals surface area contributed by atoms with Gasteiger partial charge in [0.15, 0.2) is 0 Å². The van der Waals surface area contributed by atoms with Crippen molar-refractivity contribution in [1.82, 2.24) is 5.32 Å². The number of furan rings is 1. The van der Waals surface area contributed by atoms with Crippen molar-refractivity contribution in [1.29, 1.82) is 0 Å². The Bertz CT molecular complexity index is 769. The molecule has 2 amide bonds. The highest BCUT2D eigenvalue weighted by Crippen LogP contribution is 2.32. The predicted octanol–water partition coefficient (Wildman–Crippen LogP) is 3.54. The van der Waals surface area contributed by atoms with E-state index in [0.717, 1.165) is 0 Å². The average molecular weight is 346 g/mol. The first-order valence-electron chi connectivity index (χ1n) is 7.18. The quantitative estimate of drug-likeness (QED) is 0.661. The van der Waals surface area contributed by atoms with Crippen molar-refractivity contribution in [3.05, 3.63) is 76.6 Å². The highest BCUT2D eigenvalue weighted by atomic mass is 32.1. The molecule has 3 rings (SSSR count). The van der Waals surface area contributed by atoms with Crippen LogP contribution in [0.2, 0.25) is 0 Å². The lowest BCUT2D eigenvalue weighted by Gasteiger charge is -2.26. The Balaban J connectivity index is 1.73. The Hall–Kier alpha value is -2.64. The summed E-state index contributed by atoms with van der Waals surface area (Å²) in [5.41, 5.74) is -0.831. The fourth-order valence-electron chi connectivity index (χ4n) is 2.28. The molecule has 0 saturated heterocycles. The number of anilines is 1. The number of hydrogen-bond donors (Lipinski definition) is 3. The number of benzene rings is 1. The zero-order valence-electron chi connectivity index (χ0n) is 12.5. The number of carbonyl (C=O) groups excluding carboxylic acids is 1. The van der Waals surface area contributed by atoms with Gasteiger partial charge in [-0.25, -0.2) is 9.18 Å². The van der Waals surface area contributed by atoms with Crippen LogP contribution in [-0.4, -0.2) is 17.7 Å². The third-order valence-electron chi connectivity index (χ3n) is 3.55. The maximum absolute atomic E-state index is 13.6. The van der Waals surface area contributed by atoms with Gasteiger partial charge in [0, 0.05) is 10.4 Å². The SMILES string of the molecule is O=C(NCC(O)(c1ccoc1)c1cccs1)Nc1ccccc1F. The summed E-state index contributed by atoms with van der Waals surface area (Å²) in [5, 5.41) is 17.9. The minimum absolute atomic E-state index is 0.0676. The molecular formula is C17H15FN2O3S. The van der Waals surface area contributed by atoms with Crippen LogP contribution in [0.5, 0.6) is 0 Å². The number of thiophene rings is 1. The third kappa shape index (κ3) is 3.32. The first-order chi connectivity index (χ1) is 11.6. The molecule has 2 heterocycles. The first-order valence-corrected chi connectivity index (χ1v) is 8.06. The summed E-state index contributed by atoms with van der Waals surface area (Å²) in [4.78, 5) is 12.7. The molecule has 0 aliphatic rings. The smallest absolute Gasteiger partial charge is 0.319 e. The molecule has 0 aliphatic carbocycles. The van der Waals surface area contributed by atoms with E-state index < -0.39 is 17.4 Å². The number of aliphatic hydroxyl groups is 1. The Morgan fingerprint density at radius 1 is 1.25 bits per heavy atom. The number of rotatable bonds is 5. The second kappa shape index (κ2) is 6.86. The van der Waals surface area contributed by atoms with E-state index in [1.807, 2.05) is 11.4 Å². The van der Waals surface area contributed by atoms with Gasteiger partial charge in [-0.3, -0.25) is 0 Å². The zero-order valence-corrected chi connectivity index (χ0v) is 13.3. The molecule has 0 bridgehead atoms. The third-order valence-corrected chi connectivity index (χ3v) is 4.58. The Morgan fingerprint density at radius 3 is 2.75 bits per heavy atom. The maximum atomic E-state index is 13.6. The van der Waals surface area contributed by atoms with Crippen LogP contribution in [0.1, 0.15) is 10.4 Å². The van der Waals surface area contributed by atoms with Crippen LogP contribution in [0.3, 0.4) is 0 Å². The summed E-state index contributed by atoms with van der Waals surface area (Å²) in [7, 11) is 0. The van der Waals surface area contributed by atoms with E-state index in [-0.39, 0.29) is 12.2 Å². The van der Waals surface area contributed by atoms with Crippen molar-refractivity contribution in [2.45, 2.75) is 5.60 Å².